The van der Waals surface area contributed by atoms with Crippen LogP contribution < -0.4 is 11.1 Å². The Bertz CT molecular complexity index is 327. The molecule has 0 saturated carbocycles. The van der Waals surface area contributed by atoms with E-state index >= 15 is 0 Å². The molecule has 1 aromatic rings. The minimum absolute atomic E-state index is 0.237. The first kappa shape index (κ1) is 12.3. The summed E-state index contributed by atoms with van der Waals surface area (Å²) in [6.07, 6.45) is -4.38. The molecule has 0 unspecified atom stereocenters. The Morgan fingerprint density at radius 2 is 2.07 bits per heavy atom. The molecule has 3 N–H and O–H groups in total. The van der Waals surface area contributed by atoms with E-state index in [2.05, 4.69) is 10.3 Å². The summed E-state index contributed by atoms with van der Waals surface area (Å²) in [5.74, 6) is 0. The molecule has 0 amide bonds. The number of alkyl halides is 3. The monoisotopic (exact) mass is 239 g/mol. The fourth-order valence-electron chi connectivity index (χ4n) is 0.789. The molecule has 0 radical (unpaired) electrons. The van der Waals surface area contributed by atoms with Crippen LogP contribution in [0.25, 0.3) is 0 Å². The molecule has 0 fully saturated rings. The van der Waals surface area contributed by atoms with Gasteiger partial charge in [-0.15, -0.1) is 11.3 Å². The number of nitrogens with zero attached hydrogens (tertiary/aromatic N) is 1. The summed E-state index contributed by atoms with van der Waals surface area (Å²) >= 11 is 0.919. The van der Waals surface area contributed by atoms with Crippen LogP contribution in [0.15, 0.2) is 5.38 Å². The Kier molecular flexibility index (Phi) is 3.25. The number of anilines is 1. The van der Waals surface area contributed by atoms with Crippen LogP contribution in [0.4, 0.5) is 18.3 Å². The van der Waals surface area contributed by atoms with Crippen molar-refractivity contribution in [2.24, 2.45) is 5.73 Å². The second-order valence-electron chi connectivity index (χ2n) is 3.88. The SMILES string of the molecule is CC(C)(N)CNc1nc(C(F)(F)F)cs1. The fourth-order valence-corrected chi connectivity index (χ4v) is 1.50. The van der Waals surface area contributed by atoms with E-state index in [1.807, 2.05) is 0 Å². The molecule has 86 valence electrons. The molecule has 0 aliphatic carbocycles. The topological polar surface area (TPSA) is 50.9 Å². The molecule has 0 bridgehead atoms. The lowest BCUT2D eigenvalue weighted by Crippen LogP contribution is -2.39. The van der Waals surface area contributed by atoms with Gasteiger partial charge in [-0.1, -0.05) is 0 Å². The van der Waals surface area contributed by atoms with Crippen molar-refractivity contribution < 1.29 is 13.2 Å². The average molecular weight is 239 g/mol. The second kappa shape index (κ2) is 3.97. The van der Waals surface area contributed by atoms with Gasteiger partial charge in [-0.25, -0.2) is 4.98 Å². The Labute approximate surface area is 89.5 Å². The molecule has 7 heteroatoms. The normalized spacial score (nSPS) is 12.9. The van der Waals surface area contributed by atoms with Crippen LogP contribution in [0, 0.1) is 0 Å². The lowest BCUT2D eigenvalue weighted by atomic mass is 10.1. The lowest BCUT2D eigenvalue weighted by molar-refractivity contribution is -0.140. The van der Waals surface area contributed by atoms with Crippen LogP contribution in [-0.2, 0) is 6.18 Å². The zero-order valence-electron chi connectivity index (χ0n) is 8.35. The summed E-state index contributed by atoms with van der Waals surface area (Å²) in [5.41, 5.74) is 4.32. The number of nitrogens with two attached hydrogens (primary N) is 1. The third kappa shape index (κ3) is 4.05. The Morgan fingerprint density at radius 1 is 1.47 bits per heavy atom. The van der Waals surface area contributed by atoms with Gasteiger partial charge in [-0.3, -0.25) is 0 Å². The van der Waals surface area contributed by atoms with Crippen molar-refractivity contribution in [3.8, 4) is 0 Å². The van der Waals surface area contributed by atoms with Crippen molar-refractivity contribution in [2.45, 2.75) is 25.6 Å². The summed E-state index contributed by atoms with van der Waals surface area (Å²) < 4.78 is 36.5. The van der Waals surface area contributed by atoms with Crippen LogP contribution in [0.2, 0.25) is 0 Å². The summed E-state index contributed by atoms with van der Waals surface area (Å²) in [7, 11) is 0. The average Bonchev–Trinajstić information content (AvgIpc) is 2.45. The Hall–Kier alpha value is -0.820. The van der Waals surface area contributed by atoms with E-state index in [0.717, 1.165) is 16.7 Å². The van der Waals surface area contributed by atoms with Crippen molar-refractivity contribution in [3.05, 3.63) is 11.1 Å². The number of thiazole rings is 1. The molecule has 0 aliphatic heterocycles. The van der Waals surface area contributed by atoms with Crippen molar-refractivity contribution in [1.82, 2.24) is 4.98 Å². The predicted octanol–water partition coefficient (Wildman–Crippen LogP) is 2.31. The van der Waals surface area contributed by atoms with E-state index in [0.29, 0.717) is 6.54 Å². The first-order valence-electron chi connectivity index (χ1n) is 4.24. The van der Waals surface area contributed by atoms with Gasteiger partial charge in [0, 0.05) is 17.5 Å². The third-order valence-electron chi connectivity index (χ3n) is 1.49. The van der Waals surface area contributed by atoms with Crippen LogP contribution >= 0.6 is 11.3 Å². The molecule has 1 aromatic heterocycles. The maximum atomic E-state index is 12.2. The van der Waals surface area contributed by atoms with E-state index in [1.165, 1.54) is 0 Å². The van der Waals surface area contributed by atoms with Crippen molar-refractivity contribution in [1.29, 1.82) is 0 Å². The number of rotatable bonds is 3. The molecule has 0 aliphatic rings. The van der Waals surface area contributed by atoms with E-state index in [9.17, 15) is 13.2 Å². The number of halogens is 3. The molecule has 3 nitrogen and oxygen atoms in total. The molecule has 0 atom stereocenters. The van der Waals surface area contributed by atoms with E-state index in [1.54, 1.807) is 13.8 Å². The van der Waals surface area contributed by atoms with Gasteiger partial charge in [0.05, 0.1) is 0 Å². The van der Waals surface area contributed by atoms with E-state index in [4.69, 9.17) is 5.73 Å². The van der Waals surface area contributed by atoms with Gasteiger partial charge < -0.3 is 11.1 Å². The largest absolute Gasteiger partial charge is 0.434 e. The molecule has 0 spiro atoms. The summed E-state index contributed by atoms with van der Waals surface area (Å²) in [6, 6.07) is 0. The summed E-state index contributed by atoms with van der Waals surface area (Å²) in [6.45, 7) is 3.92. The number of nitrogens with one attached hydrogen (secondary N) is 1. The van der Waals surface area contributed by atoms with Crippen LogP contribution in [-0.4, -0.2) is 17.1 Å². The Balaban J connectivity index is 2.62. The smallest absolute Gasteiger partial charge is 0.360 e. The maximum absolute atomic E-state index is 12.2. The first-order chi connectivity index (χ1) is 6.68. The van der Waals surface area contributed by atoms with E-state index in [-0.39, 0.29) is 5.13 Å². The van der Waals surface area contributed by atoms with Gasteiger partial charge in [0.15, 0.2) is 10.8 Å². The standard InChI is InChI=1S/C8H12F3N3S/c1-7(2,12)4-13-6-14-5(3-15-6)8(9,10)11/h3H,4,12H2,1-2H3,(H,13,14). The molecule has 1 rings (SSSR count). The minimum Gasteiger partial charge on any atom is -0.360 e. The quantitative estimate of drug-likeness (QED) is 0.851. The molecular weight excluding hydrogens is 227 g/mol. The number of hydrogen-bond donors (Lipinski definition) is 2. The summed E-state index contributed by atoms with van der Waals surface area (Å²) in [4.78, 5) is 3.41. The molecule has 0 saturated heterocycles. The zero-order chi connectivity index (χ0) is 11.7. The van der Waals surface area contributed by atoms with E-state index < -0.39 is 17.4 Å². The zero-order valence-corrected chi connectivity index (χ0v) is 9.17. The van der Waals surface area contributed by atoms with Crippen molar-refractivity contribution in [2.75, 3.05) is 11.9 Å². The molecular formula is C8H12F3N3S. The van der Waals surface area contributed by atoms with Crippen LogP contribution in [0.1, 0.15) is 19.5 Å². The van der Waals surface area contributed by atoms with Gasteiger partial charge in [-0.05, 0) is 13.8 Å². The predicted molar refractivity (Wildman–Crippen MR) is 53.9 cm³/mol. The van der Waals surface area contributed by atoms with Gasteiger partial charge in [0.25, 0.3) is 0 Å². The first-order valence-corrected chi connectivity index (χ1v) is 5.12. The Morgan fingerprint density at radius 3 is 2.47 bits per heavy atom. The van der Waals surface area contributed by atoms with Crippen molar-refractivity contribution >= 4 is 16.5 Å². The molecule has 0 aromatic carbocycles. The minimum atomic E-state index is -4.38. The maximum Gasteiger partial charge on any atom is 0.434 e. The fraction of sp³-hybridized carbons (Fsp3) is 0.625. The van der Waals surface area contributed by atoms with Gasteiger partial charge >= 0.3 is 6.18 Å². The highest BCUT2D eigenvalue weighted by atomic mass is 32.1. The van der Waals surface area contributed by atoms with Gasteiger partial charge in [0.2, 0.25) is 0 Å². The highest BCUT2D eigenvalue weighted by Gasteiger charge is 2.33. The highest BCUT2D eigenvalue weighted by molar-refractivity contribution is 7.13. The van der Waals surface area contributed by atoms with Crippen LogP contribution in [0.3, 0.4) is 0 Å². The lowest BCUT2D eigenvalue weighted by Gasteiger charge is -2.18. The molecule has 1 heterocycles. The van der Waals surface area contributed by atoms with Gasteiger partial charge in [0.1, 0.15) is 0 Å². The number of aromatic nitrogens is 1. The third-order valence-corrected chi connectivity index (χ3v) is 2.29. The highest BCUT2D eigenvalue weighted by Crippen LogP contribution is 2.31. The van der Waals surface area contributed by atoms with Crippen LogP contribution in [0.5, 0.6) is 0 Å². The van der Waals surface area contributed by atoms with Crippen molar-refractivity contribution in [3.63, 3.8) is 0 Å². The second-order valence-corrected chi connectivity index (χ2v) is 4.74. The molecule has 15 heavy (non-hydrogen) atoms. The number of hydrogen-bond acceptors (Lipinski definition) is 4. The van der Waals surface area contributed by atoms with Gasteiger partial charge in [-0.2, -0.15) is 13.2 Å². The summed E-state index contributed by atoms with van der Waals surface area (Å²) in [5, 5.41) is 3.97.